The van der Waals surface area contributed by atoms with Crippen LogP contribution in [0.15, 0.2) is 12.7 Å². The third-order valence-electron chi connectivity index (χ3n) is 3.20. The van der Waals surface area contributed by atoms with Gasteiger partial charge in [-0.2, -0.15) is 0 Å². The largest absolute Gasteiger partial charge is 0.396 e. The zero-order valence-corrected chi connectivity index (χ0v) is 6.62. The number of hydrogen-bond donors (Lipinski definition) is 1. The molecule has 0 radical (unpaired) electrons. The molecule has 3 atom stereocenters. The molecule has 0 spiro atoms. The summed E-state index contributed by atoms with van der Waals surface area (Å²) >= 11 is 0. The summed E-state index contributed by atoms with van der Waals surface area (Å²) < 4.78 is 5.61. The van der Waals surface area contributed by atoms with Crippen LogP contribution in [-0.4, -0.2) is 23.9 Å². The highest BCUT2D eigenvalue weighted by molar-refractivity contribution is 5.16. The molecule has 1 aliphatic carbocycles. The van der Waals surface area contributed by atoms with Crippen molar-refractivity contribution in [3.63, 3.8) is 0 Å². The second-order valence-corrected chi connectivity index (χ2v) is 3.51. The van der Waals surface area contributed by atoms with Crippen LogP contribution in [0.1, 0.15) is 12.8 Å². The fourth-order valence-electron chi connectivity index (χ4n) is 2.45. The molecule has 62 valence electrons. The van der Waals surface area contributed by atoms with Crippen molar-refractivity contribution in [2.45, 2.75) is 18.4 Å². The van der Waals surface area contributed by atoms with Crippen molar-refractivity contribution >= 4 is 0 Å². The topological polar surface area (TPSA) is 29.5 Å². The number of fused-ring (bicyclic) bond motifs is 1. The maximum Gasteiger partial charge on any atom is 0.0938 e. The normalized spacial score (nSPS) is 48.1. The number of aliphatic hydroxyl groups excluding tert-OH is 1. The minimum atomic E-state index is -0.144. The zero-order chi connectivity index (χ0) is 7.90. The third-order valence-corrected chi connectivity index (χ3v) is 3.20. The smallest absolute Gasteiger partial charge is 0.0938 e. The Bertz CT molecular complexity index is 178. The molecular formula is C9H14O2. The first kappa shape index (κ1) is 7.32. The van der Waals surface area contributed by atoms with Gasteiger partial charge in [0, 0.05) is 19.1 Å². The Hall–Kier alpha value is -0.340. The number of hydrogen-bond acceptors (Lipinski definition) is 2. The minimum Gasteiger partial charge on any atom is -0.396 e. The SMILES string of the molecule is C=CC12OCCC1CC2CO. The fraction of sp³-hybridized carbons (Fsp3) is 0.778. The lowest BCUT2D eigenvalue weighted by Gasteiger charge is -2.48. The maximum absolute atomic E-state index is 9.00. The van der Waals surface area contributed by atoms with Crippen molar-refractivity contribution < 1.29 is 9.84 Å². The van der Waals surface area contributed by atoms with E-state index in [1.165, 1.54) is 0 Å². The van der Waals surface area contributed by atoms with Crippen LogP contribution in [0.2, 0.25) is 0 Å². The predicted molar refractivity (Wildman–Crippen MR) is 42.2 cm³/mol. The second kappa shape index (κ2) is 2.32. The van der Waals surface area contributed by atoms with Crippen LogP contribution in [-0.2, 0) is 4.74 Å². The van der Waals surface area contributed by atoms with Gasteiger partial charge in [0.25, 0.3) is 0 Å². The van der Waals surface area contributed by atoms with Gasteiger partial charge in [0.1, 0.15) is 0 Å². The molecule has 0 amide bonds. The van der Waals surface area contributed by atoms with E-state index < -0.39 is 0 Å². The van der Waals surface area contributed by atoms with Crippen LogP contribution in [0, 0.1) is 11.8 Å². The first-order chi connectivity index (χ1) is 5.33. The molecule has 0 aromatic rings. The lowest BCUT2D eigenvalue weighted by Crippen LogP contribution is -2.53. The molecule has 1 saturated heterocycles. The zero-order valence-electron chi connectivity index (χ0n) is 6.62. The molecule has 2 aliphatic rings. The predicted octanol–water partition coefficient (Wildman–Crippen LogP) is 0.960. The summed E-state index contributed by atoms with van der Waals surface area (Å²) in [5.41, 5.74) is -0.144. The summed E-state index contributed by atoms with van der Waals surface area (Å²) in [5.74, 6) is 0.949. The number of aliphatic hydroxyl groups is 1. The van der Waals surface area contributed by atoms with Gasteiger partial charge in [0.05, 0.1) is 5.60 Å². The molecule has 0 aromatic carbocycles. The Morgan fingerprint density at radius 1 is 1.73 bits per heavy atom. The van der Waals surface area contributed by atoms with Crippen LogP contribution in [0.4, 0.5) is 0 Å². The van der Waals surface area contributed by atoms with E-state index >= 15 is 0 Å². The van der Waals surface area contributed by atoms with Gasteiger partial charge in [0.15, 0.2) is 0 Å². The van der Waals surface area contributed by atoms with Crippen molar-refractivity contribution in [1.82, 2.24) is 0 Å². The van der Waals surface area contributed by atoms with Gasteiger partial charge in [-0.05, 0) is 18.8 Å². The fourth-order valence-corrected chi connectivity index (χ4v) is 2.45. The first-order valence-electron chi connectivity index (χ1n) is 4.22. The van der Waals surface area contributed by atoms with E-state index in [9.17, 15) is 0 Å². The summed E-state index contributed by atoms with van der Waals surface area (Å²) in [6, 6.07) is 0. The van der Waals surface area contributed by atoms with Gasteiger partial charge in [-0.3, -0.25) is 0 Å². The quantitative estimate of drug-likeness (QED) is 0.600. The van der Waals surface area contributed by atoms with Gasteiger partial charge in [-0.25, -0.2) is 0 Å². The summed E-state index contributed by atoms with van der Waals surface area (Å²) in [6.07, 6.45) is 4.14. The van der Waals surface area contributed by atoms with Gasteiger partial charge >= 0.3 is 0 Å². The maximum atomic E-state index is 9.00. The Morgan fingerprint density at radius 2 is 2.55 bits per heavy atom. The first-order valence-corrected chi connectivity index (χ1v) is 4.22. The molecular weight excluding hydrogens is 140 g/mol. The summed E-state index contributed by atoms with van der Waals surface area (Å²) in [5, 5.41) is 9.00. The molecule has 1 heterocycles. The van der Waals surface area contributed by atoms with Crippen molar-refractivity contribution in [3.8, 4) is 0 Å². The Kier molecular flexibility index (Phi) is 1.55. The van der Waals surface area contributed by atoms with E-state index in [0.29, 0.717) is 11.8 Å². The molecule has 3 unspecified atom stereocenters. The molecule has 1 aliphatic heterocycles. The van der Waals surface area contributed by atoms with Crippen molar-refractivity contribution in [2.24, 2.45) is 11.8 Å². The molecule has 0 aromatic heterocycles. The van der Waals surface area contributed by atoms with E-state index in [-0.39, 0.29) is 12.2 Å². The van der Waals surface area contributed by atoms with Crippen LogP contribution >= 0.6 is 0 Å². The summed E-state index contributed by atoms with van der Waals surface area (Å²) in [6.45, 7) is 4.86. The molecule has 2 fully saturated rings. The average Bonchev–Trinajstić information content (AvgIpc) is 2.31. The monoisotopic (exact) mass is 154 g/mol. The standard InChI is InChI=1S/C9H14O2/c1-2-9-7(3-4-11-9)5-8(9)6-10/h2,7-8,10H,1,3-6H2. The molecule has 2 heteroatoms. The lowest BCUT2D eigenvalue weighted by molar-refractivity contribution is -0.112. The van der Waals surface area contributed by atoms with E-state index in [4.69, 9.17) is 9.84 Å². The molecule has 2 rings (SSSR count). The molecule has 1 saturated carbocycles. The van der Waals surface area contributed by atoms with Crippen LogP contribution in [0.25, 0.3) is 0 Å². The number of rotatable bonds is 2. The Labute approximate surface area is 66.9 Å². The highest BCUT2D eigenvalue weighted by Crippen LogP contribution is 2.53. The minimum absolute atomic E-state index is 0.144. The van der Waals surface area contributed by atoms with Crippen LogP contribution in [0.3, 0.4) is 0 Å². The third kappa shape index (κ3) is 0.741. The lowest BCUT2D eigenvalue weighted by atomic mass is 9.61. The van der Waals surface area contributed by atoms with Crippen LogP contribution < -0.4 is 0 Å². The van der Waals surface area contributed by atoms with Gasteiger partial charge in [-0.1, -0.05) is 6.08 Å². The number of ether oxygens (including phenoxy) is 1. The highest BCUT2D eigenvalue weighted by Gasteiger charge is 2.56. The summed E-state index contributed by atoms with van der Waals surface area (Å²) in [4.78, 5) is 0. The van der Waals surface area contributed by atoms with E-state index in [0.717, 1.165) is 19.4 Å². The Morgan fingerprint density at radius 3 is 3.09 bits per heavy atom. The van der Waals surface area contributed by atoms with Crippen LogP contribution in [0.5, 0.6) is 0 Å². The van der Waals surface area contributed by atoms with Gasteiger partial charge < -0.3 is 9.84 Å². The van der Waals surface area contributed by atoms with E-state index in [1.54, 1.807) is 0 Å². The highest BCUT2D eigenvalue weighted by atomic mass is 16.5. The van der Waals surface area contributed by atoms with E-state index in [2.05, 4.69) is 6.58 Å². The Balaban J connectivity index is 2.16. The van der Waals surface area contributed by atoms with Gasteiger partial charge in [0.2, 0.25) is 0 Å². The molecule has 2 nitrogen and oxygen atoms in total. The van der Waals surface area contributed by atoms with Gasteiger partial charge in [-0.15, -0.1) is 6.58 Å². The van der Waals surface area contributed by atoms with E-state index in [1.807, 2.05) is 6.08 Å². The summed E-state index contributed by atoms with van der Waals surface area (Å²) in [7, 11) is 0. The van der Waals surface area contributed by atoms with Crippen molar-refractivity contribution in [1.29, 1.82) is 0 Å². The second-order valence-electron chi connectivity index (χ2n) is 3.51. The van der Waals surface area contributed by atoms with Crippen molar-refractivity contribution in [2.75, 3.05) is 13.2 Å². The molecule has 11 heavy (non-hydrogen) atoms. The molecule has 1 N–H and O–H groups in total. The van der Waals surface area contributed by atoms with Crippen molar-refractivity contribution in [3.05, 3.63) is 12.7 Å². The molecule has 0 bridgehead atoms. The average molecular weight is 154 g/mol.